The summed E-state index contributed by atoms with van der Waals surface area (Å²) in [6.07, 6.45) is 11.7. The molecule has 0 aromatic rings. The molecule has 0 aromatic heterocycles. The van der Waals surface area contributed by atoms with E-state index in [0.29, 0.717) is 0 Å². The summed E-state index contributed by atoms with van der Waals surface area (Å²) in [6, 6.07) is 0.771. The predicted octanol–water partition coefficient (Wildman–Crippen LogP) is 1.47. The number of likely N-dealkylation sites (tertiary alicyclic amines) is 1. The van der Waals surface area contributed by atoms with Crippen molar-refractivity contribution < 1.29 is 0 Å². The third-order valence-electron chi connectivity index (χ3n) is 3.55. The second kappa shape index (κ2) is 5.53. The fraction of sp³-hybridized carbons (Fsp3) is 0.846. The lowest BCUT2D eigenvalue weighted by atomic mass is 10.0. The van der Waals surface area contributed by atoms with Crippen LogP contribution in [0.25, 0.3) is 0 Å². The minimum absolute atomic E-state index is 0.771. The molecule has 2 aliphatic rings. The lowest BCUT2D eigenvalue weighted by Gasteiger charge is -2.32. The average molecular weight is 206 g/mol. The molecular weight excluding hydrogens is 184 g/mol. The molecule has 1 heterocycles. The minimum Gasteiger partial charge on any atom is -0.314 e. The van der Waals surface area contributed by atoms with E-state index in [2.05, 4.69) is 16.1 Å². The highest BCUT2D eigenvalue weighted by Gasteiger charge is 2.24. The zero-order chi connectivity index (χ0) is 10.5. The van der Waals surface area contributed by atoms with Crippen molar-refractivity contribution in [3.8, 4) is 12.3 Å². The largest absolute Gasteiger partial charge is 0.314 e. The zero-order valence-electron chi connectivity index (χ0n) is 9.54. The van der Waals surface area contributed by atoms with Crippen molar-refractivity contribution in [1.82, 2.24) is 10.2 Å². The number of rotatable bonds is 5. The highest BCUT2D eigenvalue weighted by molar-refractivity contribution is 4.87. The molecule has 2 nitrogen and oxygen atoms in total. The van der Waals surface area contributed by atoms with Crippen molar-refractivity contribution in [3.63, 3.8) is 0 Å². The summed E-state index contributed by atoms with van der Waals surface area (Å²) in [6.45, 7) is 4.80. The first-order valence-electron chi connectivity index (χ1n) is 6.27. The van der Waals surface area contributed by atoms with Crippen molar-refractivity contribution in [2.75, 3.05) is 26.2 Å². The summed E-state index contributed by atoms with van der Waals surface area (Å²) in [4.78, 5) is 2.50. The van der Waals surface area contributed by atoms with Gasteiger partial charge in [0.2, 0.25) is 0 Å². The van der Waals surface area contributed by atoms with E-state index < -0.39 is 0 Å². The quantitative estimate of drug-likeness (QED) is 0.685. The molecule has 0 atom stereocenters. The number of hydrogen-bond donors (Lipinski definition) is 1. The van der Waals surface area contributed by atoms with Crippen LogP contribution >= 0.6 is 0 Å². The molecule has 15 heavy (non-hydrogen) atoms. The second-order valence-electron chi connectivity index (χ2n) is 4.92. The Balaban J connectivity index is 1.56. The van der Waals surface area contributed by atoms with Gasteiger partial charge in [-0.15, -0.1) is 12.3 Å². The summed E-state index contributed by atoms with van der Waals surface area (Å²) in [7, 11) is 0. The standard InChI is InChI=1S/C13H22N2/c1-2-3-8-15-9-6-13(7-10-15)14-11-12-4-5-12/h1,12-14H,3-11H2. The highest BCUT2D eigenvalue weighted by atomic mass is 15.1. The van der Waals surface area contributed by atoms with Gasteiger partial charge in [-0.1, -0.05) is 0 Å². The van der Waals surface area contributed by atoms with Crippen molar-refractivity contribution in [2.24, 2.45) is 5.92 Å². The Kier molecular flexibility index (Phi) is 4.05. The maximum absolute atomic E-state index is 5.27. The Labute approximate surface area is 93.4 Å². The Morgan fingerprint density at radius 3 is 2.53 bits per heavy atom. The molecule has 1 saturated heterocycles. The molecule has 0 bridgehead atoms. The van der Waals surface area contributed by atoms with Crippen LogP contribution < -0.4 is 5.32 Å². The molecule has 1 aliphatic carbocycles. The number of hydrogen-bond acceptors (Lipinski definition) is 2. The van der Waals surface area contributed by atoms with Gasteiger partial charge < -0.3 is 10.2 Å². The highest BCUT2D eigenvalue weighted by Crippen LogP contribution is 2.28. The van der Waals surface area contributed by atoms with Gasteiger partial charge in [0.05, 0.1) is 0 Å². The molecule has 0 radical (unpaired) electrons. The van der Waals surface area contributed by atoms with Crippen LogP contribution in [-0.4, -0.2) is 37.1 Å². The lowest BCUT2D eigenvalue weighted by Crippen LogP contribution is -2.43. The van der Waals surface area contributed by atoms with Crippen LogP contribution in [0, 0.1) is 18.3 Å². The molecule has 1 N–H and O–H groups in total. The molecule has 0 unspecified atom stereocenters. The molecule has 0 amide bonds. The van der Waals surface area contributed by atoms with E-state index >= 15 is 0 Å². The summed E-state index contributed by atoms with van der Waals surface area (Å²) < 4.78 is 0. The number of nitrogens with one attached hydrogen (secondary N) is 1. The normalized spacial score (nSPS) is 23.9. The van der Waals surface area contributed by atoms with Crippen LogP contribution in [0.3, 0.4) is 0 Å². The van der Waals surface area contributed by atoms with E-state index in [1.54, 1.807) is 0 Å². The Bertz CT molecular complexity index is 219. The van der Waals surface area contributed by atoms with Crippen LogP contribution in [0.2, 0.25) is 0 Å². The molecule has 84 valence electrons. The summed E-state index contributed by atoms with van der Waals surface area (Å²) in [5, 5.41) is 3.69. The van der Waals surface area contributed by atoms with Gasteiger partial charge in [-0.2, -0.15) is 0 Å². The van der Waals surface area contributed by atoms with Gasteiger partial charge >= 0.3 is 0 Å². The first-order chi connectivity index (χ1) is 7.38. The molecule has 1 aliphatic heterocycles. The Morgan fingerprint density at radius 2 is 1.93 bits per heavy atom. The van der Waals surface area contributed by atoms with Crippen LogP contribution in [0.4, 0.5) is 0 Å². The monoisotopic (exact) mass is 206 g/mol. The maximum atomic E-state index is 5.27. The number of piperidine rings is 1. The van der Waals surface area contributed by atoms with Crippen LogP contribution in [-0.2, 0) is 0 Å². The molecule has 0 spiro atoms. The molecule has 0 aromatic carbocycles. The summed E-state index contributed by atoms with van der Waals surface area (Å²) >= 11 is 0. The van der Waals surface area contributed by atoms with Gasteiger partial charge in [-0.3, -0.25) is 0 Å². The second-order valence-corrected chi connectivity index (χ2v) is 4.92. The van der Waals surface area contributed by atoms with Gasteiger partial charge in [-0.05, 0) is 51.2 Å². The lowest BCUT2D eigenvalue weighted by molar-refractivity contribution is 0.201. The van der Waals surface area contributed by atoms with E-state index in [0.717, 1.165) is 24.9 Å². The Hall–Kier alpha value is -0.520. The van der Waals surface area contributed by atoms with Crippen molar-refractivity contribution in [1.29, 1.82) is 0 Å². The van der Waals surface area contributed by atoms with Crippen LogP contribution in [0.5, 0.6) is 0 Å². The maximum Gasteiger partial charge on any atom is 0.0214 e. The van der Waals surface area contributed by atoms with Crippen LogP contribution in [0.15, 0.2) is 0 Å². The van der Waals surface area contributed by atoms with Crippen LogP contribution in [0.1, 0.15) is 32.1 Å². The summed E-state index contributed by atoms with van der Waals surface area (Å²) in [5.74, 6) is 3.72. The summed E-state index contributed by atoms with van der Waals surface area (Å²) in [5.41, 5.74) is 0. The SMILES string of the molecule is C#CCCN1CCC(NCC2CC2)CC1. The fourth-order valence-corrected chi connectivity index (χ4v) is 2.24. The van der Waals surface area contributed by atoms with Crippen molar-refractivity contribution in [2.45, 2.75) is 38.1 Å². The van der Waals surface area contributed by atoms with Gasteiger partial charge in [-0.25, -0.2) is 0 Å². The van der Waals surface area contributed by atoms with E-state index in [1.807, 2.05) is 0 Å². The van der Waals surface area contributed by atoms with Crippen molar-refractivity contribution >= 4 is 0 Å². The first kappa shape index (κ1) is 11.0. The average Bonchev–Trinajstić information content (AvgIpc) is 3.09. The smallest absolute Gasteiger partial charge is 0.0214 e. The van der Waals surface area contributed by atoms with Gasteiger partial charge in [0.1, 0.15) is 0 Å². The fourth-order valence-electron chi connectivity index (χ4n) is 2.24. The topological polar surface area (TPSA) is 15.3 Å². The van der Waals surface area contributed by atoms with Gasteiger partial charge in [0.15, 0.2) is 0 Å². The first-order valence-corrected chi connectivity index (χ1v) is 6.27. The molecule has 2 rings (SSSR count). The Morgan fingerprint density at radius 1 is 1.20 bits per heavy atom. The van der Waals surface area contributed by atoms with Gasteiger partial charge in [0, 0.05) is 19.0 Å². The molecular formula is C13H22N2. The third kappa shape index (κ3) is 3.85. The number of terminal acetylenes is 1. The van der Waals surface area contributed by atoms with Crippen molar-refractivity contribution in [3.05, 3.63) is 0 Å². The van der Waals surface area contributed by atoms with E-state index in [-0.39, 0.29) is 0 Å². The predicted molar refractivity (Wildman–Crippen MR) is 63.6 cm³/mol. The molecule has 2 heteroatoms. The van der Waals surface area contributed by atoms with E-state index in [4.69, 9.17) is 6.42 Å². The third-order valence-corrected chi connectivity index (χ3v) is 3.55. The van der Waals surface area contributed by atoms with E-state index in [1.165, 1.54) is 45.3 Å². The van der Waals surface area contributed by atoms with E-state index in [9.17, 15) is 0 Å². The molecule has 2 fully saturated rings. The van der Waals surface area contributed by atoms with Gasteiger partial charge in [0.25, 0.3) is 0 Å². The number of nitrogens with zero attached hydrogens (tertiary/aromatic N) is 1. The minimum atomic E-state index is 0.771. The zero-order valence-corrected chi connectivity index (χ0v) is 9.54. The molecule has 1 saturated carbocycles.